The molecule has 2 aromatic rings. The van der Waals surface area contributed by atoms with E-state index < -0.39 is 10.0 Å². The molecule has 0 aliphatic carbocycles. The molecule has 1 heterocycles. The number of halogens is 1. The molecule has 0 fully saturated rings. The number of thiophene rings is 1. The Morgan fingerprint density at radius 3 is 2.57 bits per heavy atom. The van der Waals surface area contributed by atoms with Crippen LogP contribution in [0.4, 0.5) is 5.69 Å². The lowest BCUT2D eigenvalue weighted by Gasteiger charge is -2.11. The Hall–Kier alpha value is -0.890. The summed E-state index contributed by atoms with van der Waals surface area (Å²) in [4.78, 5) is 2.45. The van der Waals surface area contributed by atoms with E-state index in [-0.39, 0.29) is 4.90 Å². The summed E-state index contributed by atoms with van der Waals surface area (Å²) in [6, 6.07) is 7.24. The fourth-order valence-corrected chi connectivity index (χ4v) is 4.82. The van der Waals surface area contributed by atoms with Gasteiger partial charge in [0.1, 0.15) is 0 Å². The second-order valence-corrected chi connectivity index (χ2v) is 8.57. The SMILES string of the molecule is CCc1ccc(CNS(=O)(=O)c2cc(Br)cc(N)c2C)s1. The van der Waals surface area contributed by atoms with Crippen LogP contribution >= 0.6 is 27.3 Å². The maximum Gasteiger partial charge on any atom is 0.241 e. The molecule has 0 unspecified atom stereocenters. The van der Waals surface area contributed by atoms with Crippen molar-refractivity contribution in [2.75, 3.05) is 5.73 Å². The summed E-state index contributed by atoms with van der Waals surface area (Å²) >= 11 is 4.90. The molecule has 3 N–H and O–H groups in total. The molecule has 0 radical (unpaired) electrons. The second kappa shape index (κ2) is 6.48. The van der Waals surface area contributed by atoms with Gasteiger partial charge in [-0.15, -0.1) is 11.3 Å². The number of sulfonamides is 1. The zero-order chi connectivity index (χ0) is 15.6. The number of hydrogen-bond acceptors (Lipinski definition) is 4. The standard InChI is InChI=1S/C14H17BrN2O2S2/c1-3-11-4-5-12(20-11)8-17-21(18,19)14-7-10(15)6-13(16)9(14)2/h4-7,17H,3,8,16H2,1-2H3. The molecule has 114 valence electrons. The van der Waals surface area contributed by atoms with Crippen molar-refractivity contribution in [3.8, 4) is 0 Å². The molecule has 0 saturated heterocycles. The lowest BCUT2D eigenvalue weighted by molar-refractivity contribution is 0.581. The Labute approximate surface area is 137 Å². The van der Waals surface area contributed by atoms with E-state index in [1.165, 1.54) is 4.88 Å². The van der Waals surface area contributed by atoms with Gasteiger partial charge in [-0.3, -0.25) is 0 Å². The molecular formula is C14H17BrN2O2S2. The number of anilines is 1. The molecule has 4 nitrogen and oxygen atoms in total. The number of benzene rings is 1. The summed E-state index contributed by atoms with van der Waals surface area (Å²) in [7, 11) is -3.58. The van der Waals surface area contributed by atoms with Crippen LogP contribution in [0, 0.1) is 6.92 Å². The second-order valence-electron chi connectivity index (χ2n) is 4.66. The average molecular weight is 389 g/mol. The molecule has 0 atom stereocenters. The highest BCUT2D eigenvalue weighted by molar-refractivity contribution is 9.10. The first-order valence-electron chi connectivity index (χ1n) is 6.46. The monoisotopic (exact) mass is 388 g/mol. The van der Waals surface area contributed by atoms with Crippen molar-refractivity contribution in [3.63, 3.8) is 0 Å². The van der Waals surface area contributed by atoms with Crippen LogP contribution in [0.2, 0.25) is 0 Å². The van der Waals surface area contributed by atoms with Crippen molar-refractivity contribution in [3.05, 3.63) is 44.1 Å². The van der Waals surface area contributed by atoms with Crippen LogP contribution in [0.3, 0.4) is 0 Å². The van der Waals surface area contributed by atoms with Gasteiger partial charge in [-0.1, -0.05) is 22.9 Å². The van der Waals surface area contributed by atoms with Gasteiger partial charge in [-0.25, -0.2) is 13.1 Å². The molecule has 0 aliphatic rings. The molecule has 1 aromatic carbocycles. The molecule has 1 aromatic heterocycles. The molecule has 0 saturated carbocycles. The average Bonchev–Trinajstić information content (AvgIpc) is 2.88. The molecule has 21 heavy (non-hydrogen) atoms. The molecule has 0 bridgehead atoms. The first-order chi connectivity index (χ1) is 9.83. The van der Waals surface area contributed by atoms with Crippen LogP contribution in [0.5, 0.6) is 0 Å². The van der Waals surface area contributed by atoms with E-state index in [2.05, 4.69) is 27.6 Å². The zero-order valence-corrected chi connectivity index (χ0v) is 15.0. The third-order valence-electron chi connectivity index (χ3n) is 3.16. The predicted molar refractivity (Wildman–Crippen MR) is 91.0 cm³/mol. The normalized spacial score (nSPS) is 11.8. The number of nitrogens with two attached hydrogens (primary N) is 1. The molecule has 0 amide bonds. The van der Waals surface area contributed by atoms with Crippen molar-refractivity contribution >= 4 is 43.0 Å². The van der Waals surface area contributed by atoms with E-state index in [1.54, 1.807) is 30.4 Å². The van der Waals surface area contributed by atoms with Gasteiger partial charge in [0, 0.05) is 26.5 Å². The summed E-state index contributed by atoms with van der Waals surface area (Å²) < 4.78 is 28.1. The van der Waals surface area contributed by atoms with Gasteiger partial charge < -0.3 is 5.73 Å². The Balaban J connectivity index is 2.22. The summed E-state index contributed by atoms with van der Waals surface area (Å²) in [6.07, 6.45) is 0.957. The van der Waals surface area contributed by atoms with Crippen molar-refractivity contribution in [1.29, 1.82) is 0 Å². The van der Waals surface area contributed by atoms with Gasteiger partial charge in [-0.2, -0.15) is 0 Å². The van der Waals surface area contributed by atoms with Crippen molar-refractivity contribution in [2.24, 2.45) is 0 Å². The van der Waals surface area contributed by atoms with Crippen LogP contribution in [-0.4, -0.2) is 8.42 Å². The maximum absolute atomic E-state index is 12.4. The lowest BCUT2D eigenvalue weighted by Crippen LogP contribution is -2.24. The number of nitrogens with one attached hydrogen (secondary N) is 1. The largest absolute Gasteiger partial charge is 0.398 e. The van der Waals surface area contributed by atoms with Crippen LogP contribution < -0.4 is 10.5 Å². The molecular weight excluding hydrogens is 372 g/mol. The number of aryl methyl sites for hydroxylation is 1. The first kappa shape index (κ1) is 16.5. The van der Waals surface area contributed by atoms with E-state index in [9.17, 15) is 8.42 Å². The van der Waals surface area contributed by atoms with Crippen molar-refractivity contribution in [1.82, 2.24) is 4.72 Å². The summed E-state index contributed by atoms with van der Waals surface area (Å²) in [5.41, 5.74) is 6.84. The highest BCUT2D eigenvalue weighted by atomic mass is 79.9. The third-order valence-corrected chi connectivity index (χ3v) is 6.37. The lowest BCUT2D eigenvalue weighted by atomic mass is 10.2. The minimum Gasteiger partial charge on any atom is -0.398 e. The summed E-state index contributed by atoms with van der Waals surface area (Å²) in [5.74, 6) is 0. The van der Waals surface area contributed by atoms with Gasteiger partial charge in [-0.05, 0) is 43.2 Å². The maximum atomic E-state index is 12.4. The summed E-state index contributed by atoms with van der Waals surface area (Å²) in [6.45, 7) is 4.07. The molecule has 2 rings (SSSR count). The quantitative estimate of drug-likeness (QED) is 0.770. The topological polar surface area (TPSA) is 72.2 Å². The van der Waals surface area contributed by atoms with Gasteiger partial charge in [0.05, 0.1) is 4.90 Å². The van der Waals surface area contributed by atoms with Crippen LogP contribution in [0.1, 0.15) is 22.2 Å². The molecule has 0 aliphatic heterocycles. The predicted octanol–water partition coefficient (Wildman–Crippen LogP) is 3.44. The fraction of sp³-hybridized carbons (Fsp3) is 0.286. The number of rotatable bonds is 5. The highest BCUT2D eigenvalue weighted by Gasteiger charge is 2.19. The van der Waals surface area contributed by atoms with Gasteiger partial charge in [0.15, 0.2) is 0 Å². The van der Waals surface area contributed by atoms with E-state index in [4.69, 9.17) is 5.73 Å². The zero-order valence-electron chi connectivity index (χ0n) is 11.8. The van der Waals surface area contributed by atoms with E-state index in [0.717, 1.165) is 11.3 Å². The first-order valence-corrected chi connectivity index (χ1v) is 9.55. The number of hydrogen-bond donors (Lipinski definition) is 2. The molecule has 0 spiro atoms. The van der Waals surface area contributed by atoms with E-state index in [1.807, 2.05) is 12.1 Å². The van der Waals surface area contributed by atoms with E-state index in [0.29, 0.717) is 22.3 Å². The van der Waals surface area contributed by atoms with Gasteiger partial charge in [0.25, 0.3) is 0 Å². The summed E-state index contributed by atoms with van der Waals surface area (Å²) in [5, 5.41) is 0. The minimum absolute atomic E-state index is 0.210. The third kappa shape index (κ3) is 3.85. The van der Waals surface area contributed by atoms with Crippen LogP contribution in [0.25, 0.3) is 0 Å². The van der Waals surface area contributed by atoms with Gasteiger partial charge in [0.2, 0.25) is 10.0 Å². The Morgan fingerprint density at radius 1 is 1.29 bits per heavy atom. The van der Waals surface area contributed by atoms with Crippen molar-refractivity contribution < 1.29 is 8.42 Å². The fourth-order valence-electron chi connectivity index (χ4n) is 1.90. The Kier molecular flexibility index (Phi) is 5.08. The molecule has 7 heteroatoms. The van der Waals surface area contributed by atoms with Crippen LogP contribution in [-0.2, 0) is 23.0 Å². The number of nitrogen functional groups attached to an aromatic ring is 1. The highest BCUT2D eigenvalue weighted by Crippen LogP contribution is 2.26. The smallest absolute Gasteiger partial charge is 0.241 e. The Morgan fingerprint density at radius 2 is 1.95 bits per heavy atom. The van der Waals surface area contributed by atoms with Crippen molar-refractivity contribution in [2.45, 2.75) is 31.7 Å². The van der Waals surface area contributed by atoms with E-state index >= 15 is 0 Å². The minimum atomic E-state index is -3.58. The van der Waals surface area contributed by atoms with Gasteiger partial charge >= 0.3 is 0 Å². The Bertz CT molecular complexity index is 754. The van der Waals surface area contributed by atoms with Crippen LogP contribution in [0.15, 0.2) is 33.6 Å².